The largest absolute Gasteiger partial charge is 0.472 e. The van der Waals surface area contributed by atoms with Crippen molar-refractivity contribution in [3.8, 4) is 23.7 Å². The van der Waals surface area contributed by atoms with Crippen LogP contribution >= 0.6 is 0 Å². The first-order chi connectivity index (χ1) is 9.77. The second-order valence-corrected chi connectivity index (χ2v) is 5.07. The first-order valence-corrected chi connectivity index (χ1v) is 7.95. The standard InChI is InChI=1S/C18H28O2/c1-2-3-4-5-6-7-8-9-10-11-12-13-14-15-16-17-18(19)20/h2-12,15H2,1H3,(H,19,20). The molecule has 0 heterocycles. The van der Waals surface area contributed by atoms with Crippen molar-refractivity contribution in [1.82, 2.24) is 0 Å². The Bertz CT molecular complexity index is 349. The molecule has 2 nitrogen and oxygen atoms in total. The van der Waals surface area contributed by atoms with Gasteiger partial charge in [-0.3, -0.25) is 0 Å². The van der Waals surface area contributed by atoms with Gasteiger partial charge in [-0.2, -0.15) is 0 Å². The molecular weight excluding hydrogens is 248 g/mol. The van der Waals surface area contributed by atoms with Crippen LogP contribution < -0.4 is 0 Å². The average Bonchev–Trinajstić information content (AvgIpc) is 2.43. The zero-order valence-electron chi connectivity index (χ0n) is 12.8. The van der Waals surface area contributed by atoms with Gasteiger partial charge < -0.3 is 5.11 Å². The Hall–Kier alpha value is -1.41. The smallest absolute Gasteiger partial charge is 0.381 e. The maximum atomic E-state index is 10.1. The summed E-state index contributed by atoms with van der Waals surface area (Å²) in [5.41, 5.74) is 0. The Morgan fingerprint density at radius 3 is 1.90 bits per heavy atom. The molecule has 0 saturated carbocycles. The van der Waals surface area contributed by atoms with Crippen LogP contribution in [-0.4, -0.2) is 11.1 Å². The zero-order valence-corrected chi connectivity index (χ0v) is 12.8. The number of carbonyl (C=O) groups is 1. The highest BCUT2D eigenvalue weighted by atomic mass is 16.4. The van der Waals surface area contributed by atoms with Gasteiger partial charge in [0, 0.05) is 12.3 Å². The van der Waals surface area contributed by atoms with E-state index in [4.69, 9.17) is 5.11 Å². The van der Waals surface area contributed by atoms with E-state index in [1.807, 2.05) is 0 Å². The van der Waals surface area contributed by atoms with Crippen molar-refractivity contribution in [1.29, 1.82) is 0 Å². The fourth-order valence-corrected chi connectivity index (χ4v) is 2.02. The summed E-state index contributed by atoms with van der Waals surface area (Å²) >= 11 is 0. The summed E-state index contributed by atoms with van der Waals surface area (Å²) in [6.45, 7) is 2.25. The number of rotatable bonds is 10. The first kappa shape index (κ1) is 18.6. The second-order valence-electron chi connectivity index (χ2n) is 5.07. The zero-order chi connectivity index (χ0) is 14.9. The van der Waals surface area contributed by atoms with E-state index in [1.54, 1.807) is 0 Å². The predicted molar refractivity (Wildman–Crippen MR) is 84.3 cm³/mol. The molecule has 20 heavy (non-hydrogen) atoms. The second kappa shape index (κ2) is 15.6. The molecule has 2 heteroatoms. The highest BCUT2D eigenvalue weighted by Crippen LogP contribution is 2.10. The Morgan fingerprint density at radius 2 is 1.35 bits per heavy atom. The number of unbranched alkanes of at least 4 members (excludes halogenated alkanes) is 10. The van der Waals surface area contributed by atoms with E-state index < -0.39 is 5.97 Å². The van der Waals surface area contributed by atoms with Crippen LogP contribution in [0.1, 0.15) is 84.0 Å². The van der Waals surface area contributed by atoms with Crippen LogP contribution in [0.5, 0.6) is 0 Å². The Kier molecular flexibility index (Phi) is 14.5. The molecule has 0 aliphatic carbocycles. The van der Waals surface area contributed by atoms with Gasteiger partial charge in [-0.1, -0.05) is 76.6 Å². The SMILES string of the molecule is CCCCCCCCCCCCC#CCC#CC(=O)O. The van der Waals surface area contributed by atoms with Gasteiger partial charge in [-0.15, -0.1) is 5.92 Å². The van der Waals surface area contributed by atoms with Crippen LogP contribution in [0.2, 0.25) is 0 Å². The minimum absolute atomic E-state index is 0.365. The van der Waals surface area contributed by atoms with Gasteiger partial charge in [0.15, 0.2) is 0 Å². The molecule has 0 aromatic heterocycles. The minimum Gasteiger partial charge on any atom is -0.472 e. The molecule has 0 spiro atoms. The van der Waals surface area contributed by atoms with Crippen LogP contribution in [0, 0.1) is 23.7 Å². The molecule has 0 bridgehead atoms. The van der Waals surface area contributed by atoms with E-state index in [2.05, 4.69) is 30.6 Å². The molecule has 0 amide bonds. The van der Waals surface area contributed by atoms with E-state index >= 15 is 0 Å². The number of carboxylic acids is 1. The van der Waals surface area contributed by atoms with Crippen LogP contribution in [0.25, 0.3) is 0 Å². The molecule has 0 radical (unpaired) electrons. The maximum absolute atomic E-state index is 10.1. The lowest BCUT2D eigenvalue weighted by Gasteiger charge is -2.00. The van der Waals surface area contributed by atoms with Crippen molar-refractivity contribution in [2.45, 2.75) is 84.0 Å². The Labute approximate surface area is 124 Å². The van der Waals surface area contributed by atoms with Crippen LogP contribution in [0.4, 0.5) is 0 Å². The molecule has 0 unspecified atom stereocenters. The third-order valence-electron chi connectivity index (χ3n) is 3.15. The van der Waals surface area contributed by atoms with Gasteiger partial charge in [-0.05, 0) is 6.42 Å². The number of carboxylic acid groups (broad SMARTS) is 1. The van der Waals surface area contributed by atoms with E-state index in [0.717, 1.165) is 12.8 Å². The molecule has 0 fully saturated rings. The molecule has 1 N–H and O–H groups in total. The molecular formula is C18H28O2. The normalized spacial score (nSPS) is 9.25. The third-order valence-corrected chi connectivity index (χ3v) is 3.15. The van der Waals surface area contributed by atoms with E-state index in [0.29, 0.717) is 6.42 Å². The number of aliphatic carboxylic acids is 1. The molecule has 0 aromatic rings. The topological polar surface area (TPSA) is 37.3 Å². The van der Waals surface area contributed by atoms with Gasteiger partial charge in [0.05, 0.1) is 6.42 Å². The quantitative estimate of drug-likeness (QED) is 0.460. The number of hydrogen-bond donors (Lipinski definition) is 1. The number of hydrogen-bond acceptors (Lipinski definition) is 1. The van der Waals surface area contributed by atoms with Gasteiger partial charge in [-0.25, -0.2) is 4.79 Å². The summed E-state index contributed by atoms with van der Waals surface area (Å²) in [6.07, 6.45) is 14.6. The maximum Gasteiger partial charge on any atom is 0.381 e. The van der Waals surface area contributed by atoms with Crippen molar-refractivity contribution in [2.24, 2.45) is 0 Å². The molecule has 0 atom stereocenters. The third kappa shape index (κ3) is 16.6. The lowest BCUT2D eigenvalue weighted by atomic mass is 10.1. The van der Waals surface area contributed by atoms with Gasteiger partial charge in [0.1, 0.15) is 0 Å². The van der Waals surface area contributed by atoms with E-state index in [1.165, 1.54) is 57.8 Å². The van der Waals surface area contributed by atoms with Gasteiger partial charge in [0.25, 0.3) is 0 Å². The Morgan fingerprint density at radius 1 is 0.800 bits per heavy atom. The summed E-state index contributed by atoms with van der Waals surface area (Å²) in [7, 11) is 0. The van der Waals surface area contributed by atoms with Crippen molar-refractivity contribution in [3.05, 3.63) is 0 Å². The summed E-state index contributed by atoms with van der Waals surface area (Å²) in [6, 6.07) is 0. The van der Waals surface area contributed by atoms with Crippen molar-refractivity contribution < 1.29 is 9.90 Å². The summed E-state index contributed by atoms with van der Waals surface area (Å²) in [5.74, 6) is 9.40. The highest BCUT2D eigenvalue weighted by Gasteiger charge is 1.91. The highest BCUT2D eigenvalue weighted by molar-refractivity contribution is 5.86. The van der Waals surface area contributed by atoms with Crippen LogP contribution in [0.3, 0.4) is 0 Å². The summed E-state index contributed by atoms with van der Waals surface area (Å²) in [5, 5.41) is 8.30. The first-order valence-electron chi connectivity index (χ1n) is 7.95. The molecule has 0 rings (SSSR count). The van der Waals surface area contributed by atoms with Gasteiger partial charge in [0.2, 0.25) is 0 Å². The molecule has 0 saturated heterocycles. The van der Waals surface area contributed by atoms with E-state index in [9.17, 15) is 4.79 Å². The minimum atomic E-state index is -1.08. The van der Waals surface area contributed by atoms with Crippen molar-refractivity contribution in [3.63, 3.8) is 0 Å². The van der Waals surface area contributed by atoms with Crippen molar-refractivity contribution >= 4 is 5.97 Å². The summed E-state index contributed by atoms with van der Waals surface area (Å²) in [4.78, 5) is 10.1. The fourth-order valence-electron chi connectivity index (χ4n) is 2.02. The fraction of sp³-hybridized carbons (Fsp3) is 0.722. The average molecular weight is 276 g/mol. The monoisotopic (exact) mass is 276 g/mol. The Balaban J connectivity index is 3.19. The molecule has 0 aliphatic rings. The predicted octanol–water partition coefficient (Wildman–Crippen LogP) is 4.78. The molecule has 0 aliphatic heterocycles. The van der Waals surface area contributed by atoms with E-state index in [-0.39, 0.29) is 0 Å². The van der Waals surface area contributed by atoms with Crippen LogP contribution in [-0.2, 0) is 4.79 Å². The lowest BCUT2D eigenvalue weighted by Crippen LogP contribution is -1.85. The van der Waals surface area contributed by atoms with Crippen molar-refractivity contribution in [2.75, 3.05) is 0 Å². The lowest BCUT2D eigenvalue weighted by molar-refractivity contribution is -0.130. The van der Waals surface area contributed by atoms with Gasteiger partial charge >= 0.3 is 5.97 Å². The molecule has 112 valence electrons. The molecule has 0 aromatic carbocycles. The van der Waals surface area contributed by atoms with Crippen LogP contribution in [0.15, 0.2) is 0 Å². The summed E-state index contributed by atoms with van der Waals surface area (Å²) < 4.78 is 0.